The summed E-state index contributed by atoms with van der Waals surface area (Å²) < 4.78 is 39.6. The maximum atomic E-state index is 13.2. The molecule has 1 aromatic carbocycles. The van der Waals surface area contributed by atoms with Crippen molar-refractivity contribution in [1.29, 1.82) is 0 Å². The predicted molar refractivity (Wildman–Crippen MR) is 216 cm³/mol. The quantitative estimate of drug-likeness (QED) is 0.0574. The van der Waals surface area contributed by atoms with Gasteiger partial charge in [0.05, 0.1) is 44.7 Å². The molecule has 4 amide bonds. The van der Waals surface area contributed by atoms with Gasteiger partial charge in [-0.2, -0.15) is 0 Å². The lowest BCUT2D eigenvalue weighted by molar-refractivity contribution is -0.381. The molecule has 3 aliphatic rings. The summed E-state index contributed by atoms with van der Waals surface area (Å²) in [4.78, 5) is 75.1. The molecule has 372 valence electrons. The van der Waals surface area contributed by atoms with Gasteiger partial charge in [-0.25, -0.2) is 9.59 Å². The maximum Gasteiger partial charge on any atom is 0.364 e. The number of aliphatic hydroxyl groups is 8. The Labute approximate surface area is 381 Å². The van der Waals surface area contributed by atoms with E-state index in [9.17, 15) is 74.7 Å². The Hall–Kier alpha value is -4.23. The summed E-state index contributed by atoms with van der Waals surface area (Å²) in [6.07, 6.45) is -28.4. The van der Waals surface area contributed by atoms with Gasteiger partial charge in [0.15, 0.2) is 18.6 Å². The summed E-state index contributed by atoms with van der Waals surface area (Å²) in [5, 5.41) is 109. The Morgan fingerprint density at radius 2 is 1.39 bits per heavy atom. The number of ether oxygens (including phenoxy) is 7. The second-order valence-electron chi connectivity index (χ2n) is 15.8. The number of carboxylic acid groups (broad SMARTS) is 1. The molecule has 27 heteroatoms. The standard InChI is InChI=1S/C39H57ClN4O22/c1-14(24(35(57)60-5)42-15(2)47)61-36-26(44-17(4)49)31(28(53)22(12-45)62-36)64-37-30(55)33(29(54)23(13-46)63-37)66-39(38(58)59)10-20(50)25(43-16(3)48)32(65-39)27(52)21(51)11-41-34(56)18-6-8-19(40)9-7-18/h6-9,14,20-33,36-37,45-46,50-55H,10-13H2,1-5H3,(H,41,56)(H,42,47)(H,43,48)(H,44,49)(H,58,59)/t14-,20+,21-,22-,23-,24+,25-,26-,27-,28+,29+,30-,31-,32-,33+,36+,37+,39+/m1/s1. The van der Waals surface area contributed by atoms with Crippen LogP contribution in [0, 0.1) is 0 Å². The van der Waals surface area contributed by atoms with E-state index in [-0.39, 0.29) is 5.56 Å². The first-order chi connectivity index (χ1) is 31.0. The highest BCUT2D eigenvalue weighted by Gasteiger charge is 2.60. The van der Waals surface area contributed by atoms with Crippen molar-refractivity contribution in [2.24, 2.45) is 0 Å². The summed E-state index contributed by atoms with van der Waals surface area (Å²) in [6.45, 7) is 1.80. The minimum Gasteiger partial charge on any atom is -0.477 e. The number of methoxy groups -OCH3 is 1. The molecule has 1 aromatic rings. The van der Waals surface area contributed by atoms with Crippen molar-refractivity contribution in [3.05, 3.63) is 34.9 Å². The number of amides is 4. The minimum atomic E-state index is -3.17. The first kappa shape index (κ1) is 54.4. The molecule has 26 nitrogen and oxygen atoms in total. The average Bonchev–Trinajstić information content (AvgIpc) is 3.26. The molecule has 4 rings (SSSR count). The zero-order chi connectivity index (χ0) is 49.4. The summed E-state index contributed by atoms with van der Waals surface area (Å²) >= 11 is 5.87. The van der Waals surface area contributed by atoms with Crippen LogP contribution in [0.5, 0.6) is 0 Å². The molecule has 0 saturated carbocycles. The Balaban J connectivity index is 1.66. The monoisotopic (exact) mass is 968 g/mol. The van der Waals surface area contributed by atoms with Gasteiger partial charge < -0.3 is 100 Å². The SMILES string of the molecule is COC(=O)[C@@H](NC(C)=O)[C@@H](C)O[C@H]1O[C@H](CO)[C@H](O)[C@H](O[C@@H]2O[C@H](CO)[C@H](O)[C@H](O[C@]3(C(=O)O)C[C@H](O)[C@@H](NC(C)=O)[C@H]([C@H](O)[C@H](O)CNC(=O)c4ccc(Cl)cc4)O3)[C@H]2O)[C@H]1NC(C)=O. The largest absolute Gasteiger partial charge is 0.477 e. The molecular weight excluding hydrogens is 912 g/mol. The van der Waals surface area contributed by atoms with Gasteiger partial charge in [0.1, 0.15) is 61.0 Å². The van der Waals surface area contributed by atoms with E-state index in [4.69, 9.17) is 44.8 Å². The van der Waals surface area contributed by atoms with Gasteiger partial charge in [-0.15, -0.1) is 0 Å². The number of aliphatic carboxylic acids is 1. The molecule has 0 unspecified atom stereocenters. The van der Waals surface area contributed by atoms with E-state index in [0.717, 1.165) is 27.9 Å². The lowest BCUT2D eigenvalue weighted by atomic mass is 9.88. The lowest BCUT2D eigenvalue weighted by Gasteiger charge is -2.51. The zero-order valence-electron chi connectivity index (χ0n) is 36.2. The number of esters is 1. The summed E-state index contributed by atoms with van der Waals surface area (Å²) in [5.41, 5.74) is 0.109. The smallest absolute Gasteiger partial charge is 0.364 e. The molecule has 13 N–H and O–H groups in total. The molecule has 0 spiro atoms. The fraction of sp³-hybridized carbons (Fsp3) is 0.692. The molecule has 0 bridgehead atoms. The molecule has 0 aromatic heterocycles. The number of nitrogens with one attached hydrogen (secondary N) is 4. The van der Waals surface area contributed by atoms with Crippen LogP contribution >= 0.6 is 11.6 Å². The fourth-order valence-electron chi connectivity index (χ4n) is 7.58. The number of benzene rings is 1. The number of aliphatic hydroxyl groups excluding tert-OH is 8. The van der Waals surface area contributed by atoms with Crippen LogP contribution < -0.4 is 21.3 Å². The first-order valence-corrected chi connectivity index (χ1v) is 20.8. The van der Waals surface area contributed by atoms with Crippen molar-refractivity contribution in [2.75, 3.05) is 26.9 Å². The molecule has 18 atom stereocenters. The summed E-state index contributed by atoms with van der Waals surface area (Å²) in [5.74, 6) is -9.14. The predicted octanol–water partition coefficient (Wildman–Crippen LogP) is -5.90. The van der Waals surface area contributed by atoms with Crippen LogP contribution in [0.4, 0.5) is 0 Å². The second-order valence-corrected chi connectivity index (χ2v) is 16.2. The Morgan fingerprint density at radius 1 is 0.833 bits per heavy atom. The molecule has 66 heavy (non-hydrogen) atoms. The number of hydrogen-bond acceptors (Lipinski definition) is 21. The number of rotatable bonds is 19. The van der Waals surface area contributed by atoms with Gasteiger partial charge in [0.2, 0.25) is 17.7 Å². The highest BCUT2D eigenvalue weighted by Crippen LogP contribution is 2.38. The van der Waals surface area contributed by atoms with E-state index in [0.29, 0.717) is 5.02 Å². The van der Waals surface area contributed by atoms with Crippen molar-refractivity contribution in [1.82, 2.24) is 21.3 Å². The van der Waals surface area contributed by atoms with E-state index >= 15 is 0 Å². The van der Waals surface area contributed by atoms with Crippen LogP contribution in [0.1, 0.15) is 44.5 Å². The van der Waals surface area contributed by atoms with Gasteiger partial charge in [-0.1, -0.05) is 11.6 Å². The number of carbonyl (C=O) groups excluding carboxylic acids is 5. The van der Waals surface area contributed by atoms with Gasteiger partial charge in [0, 0.05) is 44.3 Å². The second kappa shape index (κ2) is 23.7. The zero-order valence-corrected chi connectivity index (χ0v) is 36.9. The third-order valence-corrected chi connectivity index (χ3v) is 11.1. The van der Waals surface area contributed by atoms with Gasteiger partial charge >= 0.3 is 11.9 Å². The molecule has 0 aliphatic carbocycles. The van der Waals surface area contributed by atoms with Crippen molar-refractivity contribution in [3.63, 3.8) is 0 Å². The number of carbonyl (C=O) groups is 6. The van der Waals surface area contributed by atoms with Crippen LogP contribution in [0.2, 0.25) is 5.02 Å². The van der Waals surface area contributed by atoms with Gasteiger partial charge in [-0.05, 0) is 31.2 Å². The van der Waals surface area contributed by atoms with E-state index in [2.05, 4.69) is 21.3 Å². The van der Waals surface area contributed by atoms with Crippen LogP contribution in [0.3, 0.4) is 0 Å². The van der Waals surface area contributed by atoms with Gasteiger partial charge in [-0.3, -0.25) is 19.2 Å². The normalized spacial score (nSPS) is 34.1. The Bertz CT molecular complexity index is 1850. The minimum absolute atomic E-state index is 0.109. The molecule has 3 saturated heterocycles. The van der Waals surface area contributed by atoms with Crippen molar-refractivity contribution in [3.8, 4) is 0 Å². The Morgan fingerprint density at radius 3 is 1.92 bits per heavy atom. The summed E-state index contributed by atoms with van der Waals surface area (Å²) in [7, 11) is 1.04. The highest BCUT2D eigenvalue weighted by molar-refractivity contribution is 6.30. The van der Waals surface area contributed by atoms with Crippen LogP contribution in [0.15, 0.2) is 24.3 Å². The van der Waals surface area contributed by atoms with E-state index in [1.807, 2.05) is 0 Å². The number of carboxylic acids is 1. The molecule has 3 fully saturated rings. The van der Waals surface area contributed by atoms with Crippen LogP contribution in [-0.4, -0.2) is 218 Å². The van der Waals surface area contributed by atoms with Crippen LogP contribution in [0.25, 0.3) is 0 Å². The van der Waals surface area contributed by atoms with E-state index < -0.39 is 171 Å². The van der Waals surface area contributed by atoms with E-state index in [1.54, 1.807) is 0 Å². The van der Waals surface area contributed by atoms with Crippen molar-refractivity contribution >= 4 is 47.2 Å². The Kier molecular flexibility index (Phi) is 19.5. The molecule has 0 radical (unpaired) electrons. The van der Waals surface area contributed by atoms with Crippen molar-refractivity contribution < 1.29 is 108 Å². The summed E-state index contributed by atoms with van der Waals surface area (Å²) in [6, 6.07) is 0.850. The number of hydrogen-bond donors (Lipinski definition) is 13. The topological polar surface area (TPSA) is 397 Å². The molecule has 3 aliphatic heterocycles. The third kappa shape index (κ3) is 13.1. The lowest BCUT2D eigenvalue weighted by Crippen LogP contribution is -2.71. The number of halogens is 1. The fourth-order valence-corrected chi connectivity index (χ4v) is 7.71. The highest BCUT2D eigenvalue weighted by atomic mass is 35.5. The molecule has 3 heterocycles. The van der Waals surface area contributed by atoms with Gasteiger partial charge in [0.25, 0.3) is 11.7 Å². The van der Waals surface area contributed by atoms with E-state index in [1.165, 1.54) is 31.2 Å². The maximum absolute atomic E-state index is 13.2. The van der Waals surface area contributed by atoms with Crippen LogP contribution in [-0.2, 0) is 57.1 Å². The third-order valence-electron chi connectivity index (χ3n) is 10.9. The first-order valence-electron chi connectivity index (χ1n) is 20.4. The average molecular weight is 969 g/mol. The molecular formula is C39H57ClN4O22. The van der Waals surface area contributed by atoms with Crippen molar-refractivity contribution in [2.45, 2.75) is 144 Å².